The van der Waals surface area contributed by atoms with Gasteiger partial charge in [0.05, 0.1) is 6.54 Å². The SMILES string of the molecule is CC(C)c1nc(CN(Cc2ccccc2Cl)S(=O)(=O)c2ccccc2F)no1. The molecule has 0 spiro atoms. The minimum absolute atomic E-state index is 0.00134. The van der Waals surface area contributed by atoms with Crippen molar-refractivity contribution in [2.24, 2.45) is 0 Å². The largest absolute Gasteiger partial charge is 0.339 e. The first kappa shape index (κ1) is 20.4. The van der Waals surface area contributed by atoms with Crippen LogP contribution in [0.5, 0.6) is 0 Å². The Balaban J connectivity index is 2.00. The number of hydrogen-bond acceptors (Lipinski definition) is 5. The van der Waals surface area contributed by atoms with Gasteiger partial charge in [-0.1, -0.05) is 60.9 Å². The highest BCUT2D eigenvalue weighted by Crippen LogP contribution is 2.25. The summed E-state index contributed by atoms with van der Waals surface area (Å²) < 4.78 is 46.8. The van der Waals surface area contributed by atoms with Crippen LogP contribution in [0.15, 0.2) is 57.9 Å². The molecule has 0 amide bonds. The van der Waals surface area contributed by atoms with E-state index in [1.165, 1.54) is 18.2 Å². The Morgan fingerprint density at radius 1 is 1.11 bits per heavy atom. The topological polar surface area (TPSA) is 76.3 Å². The first-order valence-corrected chi connectivity index (χ1v) is 10.4. The minimum Gasteiger partial charge on any atom is -0.339 e. The Hall–Kier alpha value is -2.29. The van der Waals surface area contributed by atoms with Crippen LogP contribution in [0.3, 0.4) is 0 Å². The highest BCUT2D eigenvalue weighted by atomic mass is 35.5. The average Bonchev–Trinajstić information content (AvgIpc) is 3.12. The van der Waals surface area contributed by atoms with Gasteiger partial charge in [-0.15, -0.1) is 0 Å². The molecule has 0 aliphatic heterocycles. The van der Waals surface area contributed by atoms with E-state index in [-0.39, 0.29) is 24.8 Å². The van der Waals surface area contributed by atoms with E-state index in [4.69, 9.17) is 16.1 Å². The van der Waals surface area contributed by atoms with E-state index in [0.717, 1.165) is 10.4 Å². The molecule has 0 bridgehead atoms. The van der Waals surface area contributed by atoms with E-state index in [1.54, 1.807) is 24.3 Å². The van der Waals surface area contributed by atoms with E-state index in [0.29, 0.717) is 16.5 Å². The van der Waals surface area contributed by atoms with Crippen LogP contribution in [0.2, 0.25) is 5.02 Å². The van der Waals surface area contributed by atoms with Gasteiger partial charge in [-0.3, -0.25) is 0 Å². The Kier molecular flexibility index (Phi) is 6.12. The van der Waals surface area contributed by atoms with Gasteiger partial charge in [-0.2, -0.15) is 9.29 Å². The molecule has 0 N–H and O–H groups in total. The monoisotopic (exact) mass is 423 g/mol. The smallest absolute Gasteiger partial charge is 0.246 e. The van der Waals surface area contributed by atoms with Crippen LogP contribution in [0.4, 0.5) is 4.39 Å². The molecule has 1 aromatic heterocycles. The average molecular weight is 424 g/mol. The lowest BCUT2D eigenvalue weighted by atomic mass is 10.2. The summed E-state index contributed by atoms with van der Waals surface area (Å²) >= 11 is 6.20. The third-order valence-corrected chi connectivity index (χ3v) is 6.25. The molecule has 6 nitrogen and oxygen atoms in total. The fourth-order valence-electron chi connectivity index (χ4n) is 2.56. The molecule has 9 heteroatoms. The number of sulfonamides is 1. The summed E-state index contributed by atoms with van der Waals surface area (Å²) in [5.74, 6) is -0.240. The van der Waals surface area contributed by atoms with E-state index < -0.39 is 20.7 Å². The number of rotatable bonds is 7. The molecule has 3 rings (SSSR count). The van der Waals surface area contributed by atoms with Gasteiger partial charge in [0.1, 0.15) is 10.7 Å². The molecule has 0 aliphatic rings. The molecule has 3 aromatic rings. The Morgan fingerprint density at radius 3 is 2.43 bits per heavy atom. The van der Waals surface area contributed by atoms with Gasteiger partial charge < -0.3 is 4.52 Å². The number of nitrogens with zero attached hydrogens (tertiary/aromatic N) is 3. The van der Waals surface area contributed by atoms with Crippen molar-refractivity contribution in [1.29, 1.82) is 0 Å². The maximum Gasteiger partial charge on any atom is 0.246 e. The maximum absolute atomic E-state index is 14.2. The van der Waals surface area contributed by atoms with Gasteiger partial charge >= 0.3 is 0 Å². The van der Waals surface area contributed by atoms with Crippen molar-refractivity contribution in [2.75, 3.05) is 0 Å². The third kappa shape index (κ3) is 4.40. The van der Waals surface area contributed by atoms with Crippen LogP contribution in [0.25, 0.3) is 0 Å². The lowest BCUT2D eigenvalue weighted by Crippen LogP contribution is -2.31. The zero-order valence-electron chi connectivity index (χ0n) is 15.3. The Bertz CT molecular complexity index is 1070. The third-order valence-electron chi connectivity index (χ3n) is 4.05. The van der Waals surface area contributed by atoms with Crippen molar-refractivity contribution in [1.82, 2.24) is 14.4 Å². The molecule has 0 fully saturated rings. The zero-order chi connectivity index (χ0) is 20.3. The van der Waals surface area contributed by atoms with Crippen LogP contribution in [-0.4, -0.2) is 22.9 Å². The molecular weight excluding hydrogens is 405 g/mol. The van der Waals surface area contributed by atoms with Gasteiger partial charge in [0.15, 0.2) is 5.82 Å². The van der Waals surface area contributed by atoms with Crippen molar-refractivity contribution in [3.8, 4) is 0 Å². The van der Waals surface area contributed by atoms with Crippen LogP contribution in [-0.2, 0) is 23.1 Å². The van der Waals surface area contributed by atoms with Crippen molar-refractivity contribution >= 4 is 21.6 Å². The van der Waals surface area contributed by atoms with Crippen molar-refractivity contribution in [3.05, 3.63) is 76.6 Å². The van der Waals surface area contributed by atoms with E-state index in [2.05, 4.69) is 10.1 Å². The van der Waals surface area contributed by atoms with Crippen LogP contribution in [0.1, 0.15) is 37.0 Å². The molecule has 148 valence electrons. The van der Waals surface area contributed by atoms with Crippen molar-refractivity contribution < 1.29 is 17.3 Å². The zero-order valence-corrected chi connectivity index (χ0v) is 16.9. The predicted octanol–water partition coefficient (Wildman–Crippen LogP) is 4.38. The molecule has 0 saturated heterocycles. The second-order valence-corrected chi connectivity index (χ2v) is 8.81. The van der Waals surface area contributed by atoms with E-state index >= 15 is 0 Å². The molecule has 0 saturated carbocycles. The van der Waals surface area contributed by atoms with Crippen LogP contribution < -0.4 is 0 Å². The summed E-state index contributed by atoms with van der Waals surface area (Å²) in [6, 6.07) is 12.1. The van der Waals surface area contributed by atoms with Gasteiger partial charge in [-0.05, 0) is 23.8 Å². The number of halogens is 2. The van der Waals surface area contributed by atoms with Gasteiger partial charge in [0.2, 0.25) is 15.9 Å². The highest BCUT2D eigenvalue weighted by molar-refractivity contribution is 7.89. The predicted molar refractivity (Wildman–Crippen MR) is 103 cm³/mol. The summed E-state index contributed by atoms with van der Waals surface area (Å²) in [6.45, 7) is 3.52. The van der Waals surface area contributed by atoms with Crippen molar-refractivity contribution in [3.63, 3.8) is 0 Å². The summed E-state index contributed by atoms with van der Waals surface area (Å²) in [7, 11) is -4.18. The molecule has 1 heterocycles. The second-order valence-electron chi connectivity index (χ2n) is 6.50. The Morgan fingerprint density at radius 2 is 1.79 bits per heavy atom. The van der Waals surface area contributed by atoms with Gasteiger partial charge in [0, 0.05) is 17.5 Å². The quantitative estimate of drug-likeness (QED) is 0.563. The van der Waals surface area contributed by atoms with E-state index in [9.17, 15) is 12.8 Å². The Labute approximate surface area is 168 Å². The van der Waals surface area contributed by atoms with Gasteiger partial charge in [-0.25, -0.2) is 12.8 Å². The summed E-state index contributed by atoms with van der Waals surface area (Å²) in [6.07, 6.45) is 0. The molecule has 0 aliphatic carbocycles. The van der Waals surface area contributed by atoms with Crippen LogP contribution in [0, 0.1) is 5.82 Å². The number of hydrogen-bond donors (Lipinski definition) is 0. The molecule has 0 unspecified atom stereocenters. The van der Waals surface area contributed by atoms with Gasteiger partial charge in [0.25, 0.3) is 0 Å². The standard InChI is InChI=1S/C19H19ClFN3O3S/c1-13(2)19-22-18(23-27-19)12-24(11-14-7-3-4-8-15(14)20)28(25,26)17-10-6-5-9-16(17)21/h3-10,13H,11-12H2,1-2H3. The number of benzene rings is 2. The summed E-state index contributed by atoms with van der Waals surface area (Å²) in [4.78, 5) is 3.81. The van der Waals surface area contributed by atoms with Crippen molar-refractivity contribution in [2.45, 2.75) is 37.8 Å². The normalized spacial score (nSPS) is 12.1. The fraction of sp³-hybridized carbons (Fsp3) is 0.263. The first-order valence-electron chi connectivity index (χ1n) is 8.59. The molecule has 0 radical (unpaired) electrons. The molecule has 28 heavy (non-hydrogen) atoms. The molecule has 0 atom stereocenters. The van der Waals surface area contributed by atoms with E-state index in [1.807, 2.05) is 13.8 Å². The maximum atomic E-state index is 14.2. The minimum atomic E-state index is -4.18. The second kappa shape index (κ2) is 8.38. The fourth-order valence-corrected chi connectivity index (χ4v) is 4.19. The summed E-state index contributed by atoms with van der Waals surface area (Å²) in [5, 5.41) is 4.26. The lowest BCUT2D eigenvalue weighted by molar-refractivity contribution is 0.345. The molecule has 2 aromatic carbocycles. The summed E-state index contributed by atoms with van der Waals surface area (Å²) in [5.41, 5.74) is 0.580. The first-order chi connectivity index (χ1) is 13.3. The highest BCUT2D eigenvalue weighted by Gasteiger charge is 2.29. The van der Waals surface area contributed by atoms with Crippen LogP contribution >= 0.6 is 11.6 Å². The molecular formula is C19H19ClFN3O3S. The number of aromatic nitrogens is 2. The lowest BCUT2D eigenvalue weighted by Gasteiger charge is -2.21.